The second-order valence-electron chi connectivity index (χ2n) is 4.33. The lowest BCUT2D eigenvalue weighted by molar-refractivity contribution is 0.884. The largest absolute Gasteiger partial charge is 0.398 e. The fraction of sp³-hybridized carbons (Fsp3) is 0.133. The second-order valence-corrected chi connectivity index (χ2v) is 5.25. The number of rotatable bonds is 3. The van der Waals surface area contributed by atoms with E-state index in [-0.39, 0.29) is 6.04 Å². The van der Waals surface area contributed by atoms with Crippen LogP contribution in [0.5, 0.6) is 0 Å². The number of nitrogens with zero attached hydrogens (tertiary/aromatic N) is 1. The van der Waals surface area contributed by atoms with Gasteiger partial charge in [0.1, 0.15) is 6.07 Å². The molecule has 0 saturated carbocycles. The first-order valence-electron chi connectivity index (χ1n) is 5.92. The Hall–Kier alpha value is -1.99. The third-order valence-corrected chi connectivity index (χ3v) is 3.40. The highest BCUT2D eigenvalue weighted by atomic mass is 79.9. The molecule has 0 bridgehead atoms. The number of nitrogens with one attached hydrogen (secondary N) is 1. The van der Waals surface area contributed by atoms with Crippen molar-refractivity contribution >= 4 is 27.3 Å². The van der Waals surface area contributed by atoms with Crippen molar-refractivity contribution in [1.29, 1.82) is 5.26 Å². The van der Waals surface area contributed by atoms with Crippen molar-refractivity contribution in [3.8, 4) is 6.07 Å². The summed E-state index contributed by atoms with van der Waals surface area (Å²) < 4.78 is 1.05. The third kappa shape index (κ3) is 3.27. The quantitative estimate of drug-likeness (QED) is 0.839. The van der Waals surface area contributed by atoms with Crippen LogP contribution in [0.1, 0.15) is 24.1 Å². The van der Waals surface area contributed by atoms with Gasteiger partial charge in [-0.2, -0.15) is 5.26 Å². The molecule has 3 N–H and O–H groups in total. The van der Waals surface area contributed by atoms with Crippen LogP contribution in [0.4, 0.5) is 11.4 Å². The standard InChI is InChI=1S/C15H14BrN3/c1-10(11-3-2-4-13(16)7-11)19-14-5-6-15(18)12(8-14)9-17/h2-8,10,19H,18H2,1H3. The van der Waals surface area contributed by atoms with Gasteiger partial charge in [-0.15, -0.1) is 0 Å². The summed E-state index contributed by atoms with van der Waals surface area (Å²) in [6.07, 6.45) is 0. The van der Waals surface area contributed by atoms with E-state index < -0.39 is 0 Å². The van der Waals surface area contributed by atoms with Crippen molar-refractivity contribution in [2.45, 2.75) is 13.0 Å². The highest BCUT2D eigenvalue weighted by Gasteiger charge is 2.07. The zero-order valence-corrected chi connectivity index (χ0v) is 12.1. The summed E-state index contributed by atoms with van der Waals surface area (Å²) in [5.41, 5.74) is 8.76. The Labute approximate surface area is 121 Å². The molecular formula is C15H14BrN3. The molecule has 0 saturated heterocycles. The first-order chi connectivity index (χ1) is 9.10. The van der Waals surface area contributed by atoms with Gasteiger partial charge in [-0.05, 0) is 42.8 Å². The Morgan fingerprint density at radius 1 is 1.26 bits per heavy atom. The number of halogens is 1. The van der Waals surface area contributed by atoms with Gasteiger partial charge in [0.15, 0.2) is 0 Å². The summed E-state index contributed by atoms with van der Waals surface area (Å²) in [5, 5.41) is 12.3. The lowest BCUT2D eigenvalue weighted by Crippen LogP contribution is -2.07. The van der Waals surface area contributed by atoms with Crippen molar-refractivity contribution in [2.75, 3.05) is 11.1 Å². The number of nitrogens with two attached hydrogens (primary N) is 1. The zero-order valence-electron chi connectivity index (χ0n) is 10.5. The highest BCUT2D eigenvalue weighted by molar-refractivity contribution is 9.10. The molecule has 2 aromatic rings. The number of anilines is 2. The molecule has 0 aromatic heterocycles. The van der Waals surface area contributed by atoms with E-state index in [1.165, 1.54) is 5.56 Å². The average molecular weight is 316 g/mol. The van der Waals surface area contributed by atoms with Crippen molar-refractivity contribution in [2.24, 2.45) is 0 Å². The maximum Gasteiger partial charge on any atom is 0.101 e. The van der Waals surface area contributed by atoms with E-state index in [9.17, 15) is 0 Å². The SMILES string of the molecule is CC(Nc1ccc(N)c(C#N)c1)c1cccc(Br)c1. The van der Waals surface area contributed by atoms with Crippen molar-refractivity contribution in [3.63, 3.8) is 0 Å². The van der Waals surface area contributed by atoms with Gasteiger partial charge in [0.05, 0.1) is 5.56 Å². The van der Waals surface area contributed by atoms with E-state index in [0.717, 1.165) is 10.2 Å². The van der Waals surface area contributed by atoms with E-state index in [4.69, 9.17) is 11.0 Å². The topological polar surface area (TPSA) is 61.8 Å². The summed E-state index contributed by atoms with van der Waals surface area (Å²) in [6, 6.07) is 15.7. The third-order valence-electron chi connectivity index (χ3n) is 2.91. The van der Waals surface area contributed by atoms with Crippen LogP contribution in [0, 0.1) is 11.3 Å². The second kappa shape index (κ2) is 5.77. The van der Waals surface area contributed by atoms with Crippen molar-refractivity contribution in [1.82, 2.24) is 0 Å². The van der Waals surface area contributed by atoms with Crippen LogP contribution in [-0.2, 0) is 0 Å². The molecule has 1 unspecified atom stereocenters. The minimum Gasteiger partial charge on any atom is -0.398 e. The molecule has 19 heavy (non-hydrogen) atoms. The van der Waals surface area contributed by atoms with Crippen molar-refractivity contribution in [3.05, 3.63) is 58.1 Å². The monoisotopic (exact) mass is 315 g/mol. The Bertz CT molecular complexity index is 632. The lowest BCUT2D eigenvalue weighted by Gasteiger charge is -2.16. The molecule has 1 atom stereocenters. The average Bonchev–Trinajstić information content (AvgIpc) is 2.41. The smallest absolute Gasteiger partial charge is 0.101 e. The van der Waals surface area contributed by atoms with Crippen molar-refractivity contribution < 1.29 is 0 Å². The van der Waals surface area contributed by atoms with Gasteiger partial charge in [0.25, 0.3) is 0 Å². The number of nitrogen functional groups attached to an aromatic ring is 1. The summed E-state index contributed by atoms with van der Waals surface area (Å²) in [4.78, 5) is 0. The van der Waals surface area contributed by atoms with Gasteiger partial charge in [0.2, 0.25) is 0 Å². The summed E-state index contributed by atoms with van der Waals surface area (Å²) in [5.74, 6) is 0. The fourth-order valence-corrected chi connectivity index (χ4v) is 2.27. The Kier molecular flexibility index (Phi) is 4.08. The Morgan fingerprint density at radius 3 is 2.74 bits per heavy atom. The molecule has 2 rings (SSSR count). The number of hydrogen-bond acceptors (Lipinski definition) is 3. The van der Waals surface area contributed by atoms with Gasteiger partial charge < -0.3 is 11.1 Å². The van der Waals surface area contributed by atoms with Crippen LogP contribution in [-0.4, -0.2) is 0 Å². The van der Waals surface area contributed by atoms with Crippen LogP contribution >= 0.6 is 15.9 Å². The minimum absolute atomic E-state index is 0.146. The van der Waals surface area contributed by atoms with Gasteiger partial charge in [-0.3, -0.25) is 0 Å². The van der Waals surface area contributed by atoms with Crippen LogP contribution in [0.25, 0.3) is 0 Å². The van der Waals surface area contributed by atoms with Gasteiger partial charge >= 0.3 is 0 Å². The first-order valence-corrected chi connectivity index (χ1v) is 6.71. The molecule has 2 aromatic carbocycles. The Morgan fingerprint density at radius 2 is 2.05 bits per heavy atom. The first kappa shape index (κ1) is 13.4. The van der Waals surface area contributed by atoms with Crippen LogP contribution in [0.2, 0.25) is 0 Å². The highest BCUT2D eigenvalue weighted by Crippen LogP contribution is 2.24. The van der Waals surface area contributed by atoms with E-state index in [1.54, 1.807) is 12.1 Å². The van der Waals surface area contributed by atoms with E-state index in [1.807, 2.05) is 18.2 Å². The molecule has 4 heteroatoms. The summed E-state index contributed by atoms with van der Waals surface area (Å²) in [6.45, 7) is 2.07. The number of benzene rings is 2. The molecule has 3 nitrogen and oxygen atoms in total. The lowest BCUT2D eigenvalue weighted by atomic mass is 10.1. The fourth-order valence-electron chi connectivity index (χ4n) is 1.85. The maximum absolute atomic E-state index is 8.97. The van der Waals surface area contributed by atoms with E-state index in [2.05, 4.69) is 46.4 Å². The van der Waals surface area contributed by atoms with Crippen LogP contribution < -0.4 is 11.1 Å². The number of hydrogen-bond donors (Lipinski definition) is 2. The summed E-state index contributed by atoms with van der Waals surface area (Å²) in [7, 11) is 0. The van der Waals surface area contributed by atoms with E-state index >= 15 is 0 Å². The molecule has 0 spiro atoms. The number of nitriles is 1. The molecule has 0 fully saturated rings. The molecule has 0 heterocycles. The summed E-state index contributed by atoms with van der Waals surface area (Å²) >= 11 is 3.46. The molecule has 0 radical (unpaired) electrons. The van der Waals surface area contributed by atoms with Gasteiger partial charge in [0, 0.05) is 21.9 Å². The minimum atomic E-state index is 0.146. The molecular weight excluding hydrogens is 302 g/mol. The molecule has 0 aliphatic heterocycles. The molecule has 0 aliphatic carbocycles. The predicted octanol–water partition coefficient (Wildman–Crippen LogP) is 4.08. The Balaban J connectivity index is 2.20. The van der Waals surface area contributed by atoms with Gasteiger partial charge in [-0.1, -0.05) is 28.1 Å². The zero-order chi connectivity index (χ0) is 13.8. The maximum atomic E-state index is 8.97. The normalized spacial score (nSPS) is 11.6. The van der Waals surface area contributed by atoms with Gasteiger partial charge in [-0.25, -0.2) is 0 Å². The van der Waals surface area contributed by atoms with Crippen LogP contribution in [0.3, 0.4) is 0 Å². The molecule has 0 amide bonds. The predicted molar refractivity (Wildman–Crippen MR) is 81.7 cm³/mol. The molecule has 0 aliphatic rings. The molecule has 96 valence electrons. The van der Waals surface area contributed by atoms with E-state index in [0.29, 0.717) is 11.3 Å². The van der Waals surface area contributed by atoms with Crippen LogP contribution in [0.15, 0.2) is 46.9 Å².